The Labute approximate surface area is 88.8 Å². The third kappa shape index (κ3) is 2.26. The minimum Gasteiger partial charge on any atom is -0.378 e. The van der Waals surface area contributed by atoms with Crippen LogP contribution in [0.25, 0.3) is 0 Å². The first kappa shape index (κ1) is 9.53. The smallest absolute Gasteiger partial charge is 0.185 e. The second kappa shape index (κ2) is 4.47. The summed E-state index contributed by atoms with van der Waals surface area (Å²) in [6.07, 6.45) is 2.11. The molecule has 1 heterocycles. The fourth-order valence-electron chi connectivity index (χ4n) is 1.49. The molecule has 1 aliphatic rings. The van der Waals surface area contributed by atoms with Gasteiger partial charge in [-0.05, 0) is 12.1 Å². The average molecular weight is 200 g/mol. The highest BCUT2D eigenvalue weighted by molar-refractivity contribution is 5.88. The van der Waals surface area contributed by atoms with Crippen LogP contribution in [0.1, 0.15) is 0 Å². The monoisotopic (exact) mass is 200 g/mol. The second-order valence-electron chi connectivity index (χ2n) is 3.27. The summed E-state index contributed by atoms with van der Waals surface area (Å²) in [5.41, 5.74) is 1.05. The van der Waals surface area contributed by atoms with E-state index in [1.807, 2.05) is 30.3 Å². The summed E-state index contributed by atoms with van der Waals surface area (Å²) >= 11 is 0. The average Bonchev–Trinajstić information content (AvgIpc) is 2.75. The van der Waals surface area contributed by atoms with E-state index in [1.54, 1.807) is 4.90 Å². The third-order valence-corrected chi connectivity index (χ3v) is 2.27. The van der Waals surface area contributed by atoms with Crippen molar-refractivity contribution in [3.63, 3.8) is 0 Å². The first-order chi connectivity index (χ1) is 7.40. The molecule has 1 aromatic carbocycles. The van der Waals surface area contributed by atoms with E-state index in [-0.39, 0.29) is 0 Å². The Morgan fingerprint density at radius 1 is 1.40 bits per heavy atom. The molecular weight excluding hydrogens is 188 g/mol. The van der Waals surface area contributed by atoms with Gasteiger partial charge in [-0.15, -0.1) is 0 Å². The maximum atomic E-state index is 8.80. The Morgan fingerprint density at radius 2 is 2.20 bits per heavy atom. The highest BCUT2D eigenvalue weighted by Crippen LogP contribution is 2.06. The van der Waals surface area contributed by atoms with Crippen molar-refractivity contribution in [2.75, 3.05) is 25.0 Å². The molecule has 0 aliphatic carbocycles. The number of nitrogens with zero attached hydrogens (tertiary/aromatic N) is 3. The minimum atomic E-state index is 0.609. The molecule has 1 aliphatic heterocycles. The molecule has 0 amide bonds. The van der Waals surface area contributed by atoms with Crippen LogP contribution < -0.4 is 5.32 Å². The van der Waals surface area contributed by atoms with Gasteiger partial charge in [0.2, 0.25) is 0 Å². The summed E-state index contributed by atoms with van der Waals surface area (Å²) in [5.74, 6) is 0.821. The van der Waals surface area contributed by atoms with Crippen molar-refractivity contribution in [2.45, 2.75) is 0 Å². The lowest BCUT2D eigenvalue weighted by atomic mass is 10.3. The van der Waals surface area contributed by atoms with Gasteiger partial charge in [-0.1, -0.05) is 18.2 Å². The summed E-state index contributed by atoms with van der Waals surface area (Å²) in [6, 6.07) is 9.90. The van der Waals surface area contributed by atoms with Crippen molar-refractivity contribution in [2.24, 2.45) is 4.99 Å². The van der Waals surface area contributed by atoms with Crippen molar-refractivity contribution >= 4 is 11.5 Å². The lowest BCUT2D eigenvalue weighted by Crippen LogP contribution is -2.28. The summed E-state index contributed by atoms with van der Waals surface area (Å²) in [7, 11) is 0. The van der Waals surface area contributed by atoms with E-state index in [9.17, 15) is 0 Å². The van der Waals surface area contributed by atoms with Gasteiger partial charge in [-0.25, -0.2) is 0 Å². The first-order valence-corrected chi connectivity index (χ1v) is 4.89. The standard InChI is InChI=1S/C11H12N4/c12-9-15-7-6-13-11(15)8-14-10-4-2-1-3-5-10/h1-5,14H,6-8H2. The maximum Gasteiger partial charge on any atom is 0.185 e. The van der Waals surface area contributed by atoms with Crippen LogP contribution in [0.15, 0.2) is 35.3 Å². The summed E-state index contributed by atoms with van der Waals surface area (Å²) in [5, 5.41) is 12.0. The highest BCUT2D eigenvalue weighted by atomic mass is 15.2. The number of aliphatic imine (C=N–C) groups is 1. The van der Waals surface area contributed by atoms with Crippen LogP contribution in [-0.2, 0) is 0 Å². The molecule has 4 nitrogen and oxygen atoms in total. The number of para-hydroxylation sites is 1. The van der Waals surface area contributed by atoms with E-state index >= 15 is 0 Å². The SMILES string of the molecule is N#CN1CCN=C1CNc1ccccc1. The van der Waals surface area contributed by atoms with Crippen molar-refractivity contribution < 1.29 is 0 Å². The molecule has 0 fully saturated rings. The number of hydrogen-bond donors (Lipinski definition) is 1. The van der Waals surface area contributed by atoms with Gasteiger partial charge in [-0.2, -0.15) is 5.26 Å². The number of anilines is 1. The molecule has 0 radical (unpaired) electrons. The Balaban J connectivity index is 1.92. The number of benzene rings is 1. The predicted molar refractivity (Wildman–Crippen MR) is 59.6 cm³/mol. The lowest BCUT2D eigenvalue weighted by molar-refractivity contribution is 0.625. The Bertz CT molecular complexity index is 391. The van der Waals surface area contributed by atoms with Crippen molar-refractivity contribution in [3.05, 3.63) is 30.3 Å². The lowest BCUT2D eigenvalue weighted by Gasteiger charge is -2.11. The molecule has 0 aromatic heterocycles. The van der Waals surface area contributed by atoms with E-state index < -0.39 is 0 Å². The topological polar surface area (TPSA) is 51.4 Å². The number of rotatable bonds is 3. The number of amidine groups is 1. The van der Waals surface area contributed by atoms with Gasteiger partial charge in [-0.3, -0.25) is 9.89 Å². The molecule has 4 heteroatoms. The molecular formula is C11H12N4. The Kier molecular flexibility index (Phi) is 2.84. The van der Waals surface area contributed by atoms with Gasteiger partial charge < -0.3 is 5.32 Å². The zero-order valence-corrected chi connectivity index (χ0v) is 8.35. The van der Waals surface area contributed by atoms with E-state index in [4.69, 9.17) is 5.26 Å². The van der Waals surface area contributed by atoms with Crippen LogP contribution in [0.3, 0.4) is 0 Å². The molecule has 0 saturated heterocycles. The molecule has 1 N–H and O–H groups in total. The molecule has 2 rings (SSSR count). The van der Waals surface area contributed by atoms with Gasteiger partial charge in [0.05, 0.1) is 19.6 Å². The fourth-order valence-corrected chi connectivity index (χ4v) is 1.49. The largest absolute Gasteiger partial charge is 0.378 e. The van der Waals surface area contributed by atoms with Crippen LogP contribution in [0.4, 0.5) is 5.69 Å². The van der Waals surface area contributed by atoms with Crippen LogP contribution >= 0.6 is 0 Å². The van der Waals surface area contributed by atoms with E-state index in [0.717, 1.165) is 18.1 Å². The number of nitrogens with one attached hydrogen (secondary N) is 1. The molecule has 0 saturated carbocycles. The zero-order chi connectivity index (χ0) is 10.5. The van der Waals surface area contributed by atoms with E-state index in [2.05, 4.69) is 16.5 Å². The van der Waals surface area contributed by atoms with Gasteiger partial charge in [0.1, 0.15) is 5.84 Å². The van der Waals surface area contributed by atoms with Gasteiger partial charge in [0.15, 0.2) is 6.19 Å². The van der Waals surface area contributed by atoms with Crippen molar-refractivity contribution in [1.82, 2.24) is 4.90 Å². The van der Waals surface area contributed by atoms with Gasteiger partial charge in [0.25, 0.3) is 0 Å². The molecule has 0 atom stereocenters. The highest BCUT2D eigenvalue weighted by Gasteiger charge is 2.15. The van der Waals surface area contributed by atoms with E-state index in [1.165, 1.54) is 0 Å². The zero-order valence-electron chi connectivity index (χ0n) is 8.35. The first-order valence-electron chi connectivity index (χ1n) is 4.89. The predicted octanol–water partition coefficient (Wildman–Crippen LogP) is 1.29. The summed E-state index contributed by atoms with van der Waals surface area (Å²) in [4.78, 5) is 5.88. The molecule has 0 bridgehead atoms. The maximum absolute atomic E-state index is 8.80. The molecule has 15 heavy (non-hydrogen) atoms. The summed E-state index contributed by atoms with van der Waals surface area (Å²) in [6.45, 7) is 2.04. The van der Waals surface area contributed by atoms with Crippen molar-refractivity contribution in [1.29, 1.82) is 5.26 Å². The van der Waals surface area contributed by atoms with E-state index in [0.29, 0.717) is 13.1 Å². The van der Waals surface area contributed by atoms with Crippen molar-refractivity contribution in [3.8, 4) is 6.19 Å². The quantitative estimate of drug-likeness (QED) is 0.748. The number of nitriles is 1. The Morgan fingerprint density at radius 3 is 2.93 bits per heavy atom. The molecule has 0 unspecified atom stereocenters. The summed E-state index contributed by atoms with van der Waals surface area (Å²) < 4.78 is 0. The normalized spacial score (nSPS) is 14.6. The third-order valence-electron chi connectivity index (χ3n) is 2.27. The molecule has 1 aromatic rings. The molecule has 76 valence electrons. The minimum absolute atomic E-state index is 0.609. The fraction of sp³-hybridized carbons (Fsp3) is 0.273. The van der Waals surface area contributed by atoms with Gasteiger partial charge >= 0.3 is 0 Å². The van der Waals surface area contributed by atoms with Crippen LogP contribution in [0.2, 0.25) is 0 Å². The van der Waals surface area contributed by atoms with Crippen LogP contribution in [0.5, 0.6) is 0 Å². The Hall–Kier alpha value is -2.02. The number of hydrogen-bond acceptors (Lipinski definition) is 4. The van der Waals surface area contributed by atoms with Crippen LogP contribution in [-0.4, -0.2) is 30.4 Å². The second-order valence-corrected chi connectivity index (χ2v) is 3.27. The van der Waals surface area contributed by atoms with Crippen LogP contribution in [0, 0.1) is 11.5 Å². The molecule has 0 spiro atoms. The van der Waals surface area contributed by atoms with Gasteiger partial charge in [0, 0.05) is 5.69 Å².